The van der Waals surface area contributed by atoms with Gasteiger partial charge in [-0.05, 0) is 49.8 Å². The maximum atomic E-state index is 13.6. The van der Waals surface area contributed by atoms with Crippen LogP contribution in [0.25, 0.3) is 0 Å². The summed E-state index contributed by atoms with van der Waals surface area (Å²) >= 11 is 0. The molecule has 3 amide bonds. The first-order chi connectivity index (χ1) is 18.8. The van der Waals surface area contributed by atoms with E-state index < -0.39 is 36.0 Å². The van der Waals surface area contributed by atoms with Gasteiger partial charge in [0.2, 0.25) is 17.7 Å². The lowest BCUT2D eigenvalue weighted by molar-refractivity contribution is -0.134. The van der Waals surface area contributed by atoms with Crippen molar-refractivity contribution in [3.8, 4) is 5.75 Å². The van der Waals surface area contributed by atoms with Crippen molar-refractivity contribution in [2.75, 3.05) is 26.9 Å². The minimum atomic E-state index is -0.943. The Morgan fingerprint density at radius 2 is 1.64 bits per heavy atom. The third kappa shape index (κ3) is 8.50. The molecule has 2 aliphatic heterocycles. The molecule has 3 fully saturated rings. The van der Waals surface area contributed by atoms with E-state index in [1.165, 1.54) is 12.8 Å². The van der Waals surface area contributed by atoms with E-state index in [1.54, 1.807) is 26.2 Å². The number of carbonyl (C=O) groups excluding carboxylic acids is 4. The topological polar surface area (TPSA) is 135 Å². The summed E-state index contributed by atoms with van der Waals surface area (Å²) in [5.41, 5.74) is 0.815. The number of epoxide rings is 1. The van der Waals surface area contributed by atoms with E-state index in [0.29, 0.717) is 44.3 Å². The highest BCUT2D eigenvalue weighted by Gasteiger charge is 2.38. The monoisotopic (exact) mass is 543 g/mol. The van der Waals surface area contributed by atoms with Gasteiger partial charge in [0, 0.05) is 13.0 Å². The molecule has 1 saturated carbocycles. The van der Waals surface area contributed by atoms with Crippen LogP contribution in [0.3, 0.4) is 0 Å². The van der Waals surface area contributed by atoms with Crippen molar-refractivity contribution >= 4 is 23.5 Å². The number of carbonyl (C=O) groups is 4. The molecule has 5 atom stereocenters. The number of hydrogen-bond acceptors (Lipinski definition) is 7. The van der Waals surface area contributed by atoms with E-state index in [4.69, 9.17) is 14.2 Å². The zero-order valence-corrected chi connectivity index (χ0v) is 22.9. The summed E-state index contributed by atoms with van der Waals surface area (Å²) in [5, 5.41) is 8.46. The molecule has 10 nitrogen and oxygen atoms in total. The fourth-order valence-corrected chi connectivity index (χ4v) is 5.34. The van der Waals surface area contributed by atoms with E-state index >= 15 is 0 Å². The highest BCUT2D eigenvalue weighted by atomic mass is 16.6. The molecule has 0 radical (unpaired) electrons. The number of ketones is 1. The van der Waals surface area contributed by atoms with E-state index in [-0.39, 0.29) is 24.0 Å². The Labute approximate surface area is 229 Å². The van der Waals surface area contributed by atoms with Crippen LogP contribution in [0.2, 0.25) is 0 Å². The second-order valence-corrected chi connectivity index (χ2v) is 10.9. The second-order valence-electron chi connectivity index (χ2n) is 10.9. The molecule has 0 spiro atoms. The third-order valence-corrected chi connectivity index (χ3v) is 7.93. The van der Waals surface area contributed by atoms with Crippen LogP contribution in [0, 0.1) is 11.8 Å². The molecule has 0 bridgehead atoms. The lowest BCUT2D eigenvalue weighted by atomic mass is 9.95. The zero-order chi connectivity index (χ0) is 27.8. The first kappa shape index (κ1) is 29.0. The number of nitrogens with one attached hydrogen (secondary N) is 3. The summed E-state index contributed by atoms with van der Waals surface area (Å²) in [5.74, 6) is -0.305. The Hall–Kier alpha value is -2.98. The number of methoxy groups -OCH3 is 1. The smallest absolute Gasteiger partial charge is 0.243 e. The van der Waals surface area contributed by atoms with Crippen molar-refractivity contribution in [1.82, 2.24) is 16.0 Å². The largest absolute Gasteiger partial charge is 0.497 e. The first-order valence-corrected chi connectivity index (χ1v) is 14.1. The molecule has 3 aliphatic rings. The Balaban J connectivity index is 1.43. The number of hydrogen-bond donors (Lipinski definition) is 3. The molecule has 3 N–H and O–H groups in total. The van der Waals surface area contributed by atoms with Gasteiger partial charge in [0.25, 0.3) is 0 Å². The quantitative estimate of drug-likeness (QED) is 0.304. The molecule has 1 aromatic carbocycles. The summed E-state index contributed by atoms with van der Waals surface area (Å²) in [6, 6.07) is 4.79. The van der Waals surface area contributed by atoms with Gasteiger partial charge in [0.05, 0.1) is 32.3 Å². The molecular weight excluding hydrogens is 502 g/mol. The fraction of sp³-hybridized carbons (Fsp3) is 0.655. The molecule has 214 valence electrons. The van der Waals surface area contributed by atoms with E-state index in [2.05, 4.69) is 16.0 Å². The summed E-state index contributed by atoms with van der Waals surface area (Å²) in [7, 11) is 1.57. The van der Waals surface area contributed by atoms with Gasteiger partial charge >= 0.3 is 0 Å². The maximum Gasteiger partial charge on any atom is 0.243 e. The molecule has 1 aromatic rings. The SMILES string of the molecule is COc1ccc(C[C@H](NC(=O)[C@@H](C)NC(=O)[C@H]2CCOC2)C(=O)N[C@@H](CCC2CCCC2)C(=O)[C@H]2CO2)cc1. The average molecular weight is 544 g/mol. The number of ether oxygens (including phenoxy) is 3. The summed E-state index contributed by atoms with van der Waals surface area (Å²) in [6.07, 6.45) is 6.50. The standard InChI is InChI=1S/C29H41N3O7/c1-18(30-28(35)21-13-14-38-16-21)27(34)32-24(15-20-7-10-22(37-2)11-8-20)29(36)31-23(26(33)25-17-39-25)12-9-19-5-3-4-6-19/h7-8,10-11,18-19,21,23-25H,3-6,9,12-17H2,1-2H3,(H,30,35)(H,31,36)(H,32,34)/t18-,21+,23+,24+,25-/m1/s1. The van der Waals surface area contributed by atoms with Gasteiger partial charge in [-0.25, -0.2) is 0 Å². The molecule has 2 saturated heterocycles. The molecule has 2 heterocycles. The summed E-state index contributed by atoms with van der Waals surface area (Å²) < 4.78 is 15.7. The fourth-order valence-electron chi connectivity index (χ4n) is 5.34. The third-order valence-electron chi connectivity index (χ3n) is 7.93. The Kier molecular flexibility index (Phi) is 10.3. The highest BCUT2D eigenvalue weighted by Crippen LogP contribution is 2.29. The van der Waals surface area contributed by atoms with Gasteiger partial charge in [-0.1, -0.05) is 37.8 Å². The predicted octanol–water partition coefficient (Wildman–Crippen LogP) is 1.69. The Morgan fingerprint density at radius 3 is 2.26 bits per heavy atom. The molecular formula is C29H41N3O7. The van der Waals surface area contributed by atoms with E-state index in [9.17, 15) is 19.2 Å². The predicted molar refractivity (Wildman–Crippen MR) is 143 cm³/mol. The Bertz CT molecular complexity index is 999. The lowest BCUT2D eigenvalue weighted by Crippen LogP contribution is -2.56. The van der Waals surface area contributed by atoms with Crippen LogP contribution < -0.4 is 20.7 Å². The van der Waals surface area contributed by atoms with Gasteiger partial charge in [-0.2, -0.15) is 0 Å². The van der Waals surface area contributed by atoms with Gasteiger partial charge in [0.1, 0.15) is 23.9 Å². The van der Waals surface area contributed by atoms with Crippen LogP contribution >= 0.6 is 0 Å². The minimum Gasteiger partial charge on any atom is -0.497 e. The molecule has 0 unspecified atom stereocenters. The number of amides is 3. The number of Topliss-reactive ketones (excluding diaryl/α,β-unsaturated/α-hetero) is 1. The highest BCUT2D eigenvalue weighted by molar-refractivity contribution is 5.96. The van der Waals surface area contributed by atoms with Crippen molar-refractivity contribution < 1.29 is 33.4 Å². The first-order valence-electron chi connectivity index (χ1n) is 14.1. The van der Waals surface area contributed by atoms with Gasteiger partial charge in [-0.15, -0.1) is 0 Å². The number of rotatable bonds is 14. The van der Waals surface area contributed by atoms with Gasteiger partial charge in [0.15, 0.2) is 5.78 Å². The lowest BCUT2D eigenvalue weighted by Gasteiger charge is -2.25. The molecule has 0 aromatic heterocycles. The Morgan fingerprint density at radius 1 is 0.949 bits per heavy atom. The summed E-state index contributed by atoms with van der Waals surface area (Å²) in [6.45, 7) is 2.83. The summed E-state index contributed by atoms with van der Waals surface area (Å²) in [4.78, 5) is 52.1. The second kappa shape index (κ2) is 13.9. The average Bonchev–Trinajstić information content (AvgIpc) is 3.38. The van der Waals surface area contributed by atoms with E-state index in [0.717, 1.165) is 24.8 Å². The van der Waals surface area contributed by atoms with Crippen molar-refractivity contribution in [2.45, 2.75) is 82.5 Å². The molecule has 4 rings (SSSR count). The van der Waals surface area contributed by atoms with Gasteiger partial charge < -0.3 is 30.2 Å². The maximum absolute atomic E-state index is 13.6. The van der Waals surface area contributed by atoms with E-state index in [1.807, 2.05) is 12.1 Å². The van der Waals surface area contributed by atoms with Crippen molar-refractivity contribution in [3.05, 3.63) is 29.8 Å². The minimum absolute atomic E-state index is 0.115. The van der Waals surface area contributed by atoms with Crippen LogP contribution in [0.1, 0.15) is 57.4 Å². The van der Waals surface area contributed by atoms with Crippen LogP contribution in [-0.4, -0.2) is 74.7 Å². The van der Waals surface area contributed by atoms with Crippen molar-refractivity contribution in [1.29, 1.82) is 0 Å². The van der Waals surface area contributed by atoms with Gasteiger partial charge in [-0.3, -0.25) is 19.2 Å². The van der Waals surface area contributed by atoms with Crippen LogP contribution in [-0.2, 0) is 35.1 Å². The van der Waals surface area contributed by atoms with Crippen molar-refractivity contribution in [2.24, 2.45) is 11.8 Å². The van der Waals surface area contributed by atoms with Crippen LogP contribution in [0.5, 0.6) is 5.75 Å². The van der Waals surface area contributed by atoms with Crippen molar-refractivity contribution in [3.63, 3.8) is 0 Å². The number of benzene rings is 1. The molecule has 39 heavy (non-hydrogen) atoms. The molecule has 10 heteroatoms. The molecule has 1 aliphatic carbocycles. The van der Waals surface area contributed by atoms with Crippen LogP contribution in [0.15, 0.2) is 24.3 Å². The van der Waals surface area contributed by atoms with Crippen LogP contribution in [0.4, 0.5) is 0 Å². The normalized spacial score (nSPS) is 22.9. The zero-order valence-electron chi connectivity index (χ0n) is 22.9.